The van der Waals surface area contributed by atoms with Gasteiger partial charge in [-0.05, 0) is 0 Å². The van der Waals surface area contributed by atoms with E-state index in [1.54, 1.807) is 3.59 Å². The van der Waals surface area contributed by atoms with E-state index in [2.05, 4.69) is 39.0 Å². The van der Waals surface area contributed by atoms with Crippen LogP contribution in [0.25, 0.3) is 0 Å². The van der Waals surface area contributed by atoms with E-state index in [0.717, 1.165) is 5.92 Å². The van der Waals surface area contributed by atoms with E-state index in [9.17, 15) is 5.11 Å². The zero-order chi connectivity index (χ0) is 19.3. The van der Waals surface area contributed by atoms with Crippen LogP contribution in [0.5, 0.6) is 0 Å². The van der Waals surface area contributed by atoms with Gasteiger partial charge in [0, 0.05) is 0 Å². The van der Waals surface area contributed by atoms with E-state index in [1.807, 2.05) is 6.92 Å². The van der Waals surface area contributed by atoms with Gasteiger partial charge in [0.25, 0.3) is 0 Å². The van der Waals surface area contributed by atoms with E-state index >= 15 is 0 Å². The molecule has 1 fully saturated rings. The summed E-state index contributed by atoms with van der Waals surface area (Å²) in [7, 11) is 0. The van der Waals surface area contributed by atoms with E-state index in [4.69, 9.17) is 0 Å². The second-order valence-electron chi connectivity index (χ2n) is 8.71. The topological polar surface area (TPSA) is 20.2 Å². The fourth-order valence-electron chi connectivity index (χ4n) is 4.59. The molecule has 1 atom stereocenters. The molecule has 0 radical (unpaired) electrons. The average Bonchev–Trinajstić information content (AvgIpc) is 2.65. The zero-order valence-electron chi connectivity index (χ0n) is 18.2. The molecule has 1 N–H and O–H groups in total. The molecule has 0 aromatic rings. The number of rotatable bonds is 13. The summed E-state index contributed by atoms with van der Waals surface area (Å²) in [4.78, 5) is 0. The monoisotopic (exact) mass is 470 g/mol. The van der Waals surface area contributed by atoms with Gasteiger partial charge in [0.05, 0.1) is 0 Å². The van der Waals surface area contributed by atoms with Crippen LogP contribution in [0.3, 0.4) is 0 Å². The molecule has 0 saturated heterocycles. The Bertz CT molecular complexity index is 383. The van der Waals surface area contributed by atoms with Crippen molar-refractivity contribution >= 4 is 18.4 Å². The van der Waals surface area contributed by atoms with Gasteiger partial charge in [0.1, 0.15) is 0 Å². The molecular formula is C24H46OSn. The molecule has 1 rings (SSSR count). The third-order valence-corrected chi connectivity index (χ3v) is 21.9. The van der Waals surface area contributed by atoms with Crippen molar-refractivity contribution < 1.29 is 5.11 Å². The molecule has 1 nitrogen and oxygen atoms in total. The van der Waals surface area contributed by atoms with Crippen molar-refractivity contribution in [2.75, 3.05) is 0 Å². The number of unbranched alkanes of at least 4 members (excludes halogenated alkanes) is 3. The van der Waals surface area contributed by atoms with Crippen LogP contribution < -0.4 is 0 Å². The molecule has 0 bridgehead atoms. The van der Waals surface area contributed by atoms with Crippen LogP contribution in [-0.2, 0) is 0 Å². The SMILES string of the molecule is CCC[CH2][Sn]([CH2]CCC)([CH2]CCC)[C](/C=C\C1CCCCC1)=C/C(C)O. The van der Waals surface area contributed by atoms with Crippen LogP contribution >= 0.6 is 0 Å². The fraction of sp³-hybridized carbons (Fsp3) is 0.833. The molecule has 1 unspecified atom stereocenters. The molecule has 0 aromatic heterocycles. The second kappa shape index (κ2) is 14.3. The van der Waals surface area contributed by atoms with Crippen LogP contribution in [-0.4, -0.2) is 29.6 Å². The molecule has 1 aliphatic rings. The van der Waals surface area contributed by atoms with Crippen LogP contribution in [0.4, 0.5) is 0 Å². The summed E-state index contributed by atoms with van der Waals surface area (Å²) in [5.74, 6) is 0.786. The van der Waals surface area contributed by atoms with E-state index in [1.165, 1.54) is 83.9 Å². The predicted octanol–water partition coefficient (Wildman–Crippen LogP) is 7.82. The van der Waals surface area contributed by atoms with E-state index in [-0.39, 0.29) is 6.10 Å². The van der Waals surface area contributed by atoms with Gasteiger partial charge in [0.15, 0.2) is 0 Å². The molecule has 26 heavy (non-hydrogen) atoms. The molecule has 0 amide bonds. The molecule has 1 saturated carbocycles. The van der Waals surface area contributed by atoms with Crippen LogP contribution in [0.15, 0.2) is 21.8 Å². The van der Waals surface area contributed by atoms with Crippen molar-refractivity contribution in [3.05, 3.63) is 21.8 Å². The van der Waals surface area contributed by atoms with Crippen molar-refractivity contribution in [2.24, 2.45) is 5.92 Å². The summed E-state index contributed by atoms with van der Waals surface area (Å²) < 4.78 is 6.10. The molecular weight excluding hydrogens is 423 g/mol. The minimum absolute atomic E-state index is 0.304. The Balaban J connectivity index is 3.12. The Labute approximate surface area is 168 Å². The van der Waals surface area contributed by atoms with E-state index in [0.29, 0.717) is 0 Å². The van der Waals surface area contributed by atoms with Crippen molar-refractivity contribution in [3.63, 3.8) is 0 Å². The molecule has 0 aliphatic heterocycles. The van der Waals surface area contributed by atoms with Gasteiger partial charge in [-0.1, -0.05) is 0 Å². The Hall–Kier alpha value is 0.239. The van der Waals surface area contributed by atoms with Gasteiger partial charge in [-0.25, -0.2) is 0 Å². The minimum atomic E-state index is -2.44. The predicted molar refractivity (Wildman–Crippen MR) is 120 cm³/mol. The van der Waals surface area contributed by atoms with Gasteiger partial charge in [-0.3, -0.25) is 0 Å². The first-order valence-corrected chi connectivity index (χ1v) is 19.1. The van der Waals surface area contributed by atoms with Crippen LogP contribution in [0.2, 0.25) is 13.3 Å². The quantitative estimate of drug-likeness (QED) is 0.215. The van der Waals surface area contributed by atoms with Gasteiger partial charge in [-0.15, -0.1) is 0 Å². The summed E-state index contributed by atoms with van der Waals surface area (Å²) in [5, 5.41) is 10.2. The summed E-state index contributed by atoms with van der Waals surface area (Å²) in [6, 6.07) is 0. The average molecular weight is 469 g/mol. The van der Waals surface area contributed by atoms with Gasteiger partial charge in [0.2, 0.25) is 0 Å². The third kappa shape index (κ3) is 8.95. The standard InChI is InChI=1S/C12H19O.3C4H9.Sn/c1-11(13)7-5-6-10-12-8-3-2-4-9-12;3*1-3-4-2;/h6-7,10-13H,2-4,8-9H2,1H3;3*1,3-4H2,2H3;/b7-5?,10-6-;;;;. The summed E-state index contributed by atoms with van der Waals surface area (Å²) in [5.41, 5.74) is 0. The molecule has 0 aromatic carbocycles. The van der Waals surface area contributed by atoms with Crippen molar-refractivity contribution in [1.82, 2.24) is 0 Å². The van der Waals surface area contributed by atoms with Crippen molar-refractivity contribution in [1.29, 1.82) is 0 Å². The number of hydrogen-bond donors (Lipinski definition) is 1. The van der Waals surface area contributed by atoms with Crippen molar-refractivity contribution in [3.8, 4) is 0 Å². The number of hydrogen-bond acceptors (Lipinski definition) is 1. The Morgan fingerprint density at radius 1 is 0.923 bits per heavy atom. The van der Waals surface area contributed by atoms with Gasteiger partial charge < -0.3 is 0 Å². The second-order valence-corrected chi connectivity index (χ2v) is 21.9. The zero-order valence-corrected chi connectivity index (χ0v) is 21.1. The molecule has 2 heteroatoms. The molecule has 152 valence electrons. The van der Waals surface area contributed by atoms with Crippen molar-refractivity contribution in [2.45, 2.75) is 118 Å². The third-order valence-electron chi connectivity index (χ3n) is 6.26. The van der Waals surface area contributed by atoms with Crippen LogP contribution in [0.1, 0.15) is 98.3 Å². The number of allylic oxidation sites excluding steroid dienone is 3. The van der Waals surface area contributed by atoms with Gasteiger partial charge in [-0.2, -0.15) is 0 Å². The van der Waals surface area contributed by atoms with Crippen LogP contribution in [0, 0.1) is 5.92 Å². The van der Waals surface area contributed by atoms with E-state index < -0.39 is 18.4 Å². The molecule has 1 aliphatic carbocycles. The Morgan fingerprint density at radius 3 is 1.85 bits per heavy atom. The molecule has 0 spiro atoms. The van der Waals surface area contributed by atoms with Gasteiger partial charge >= 0.3 is 169 Å². The molecule has 0 heterocycles. The fourth-order valence-corrected chi connectivity index (χ4v) is 21.0. The maximum absolute atomic E-state index is 10.2. The first kappa shape index (κ1) is 24.3. The number of aliphatic hydroxyl groups is 1. The summed E-state index contributed by atoms with van der Waals surface area (Å²) >= 11 is -2.44. The first-order chi connectivity index (χ1) is 12.6. The first-order valence-electron chi connectivity index (χ1n) is 11.7. The summed E-state index contributed by atoms with van der Waals surface area (Å²) in [6.07, 6.45) is 22.1. The summed E-state index contributed by atoms with van der Waals surface area (Å²) in [6.45, 7) is 8.97. The Kier molecular flexibility index (Phi) is 13.3. The normalized spacial score (nSPS) is 18.6. The number of aliphatic hydroxyl groups excluding tert-OH is 1. The Morgan fingerprint density at radius 2 is 1.42 bits per heavy atom. The maximum atomic E-state index is 10.2.